The summed E-state index contributed by atoms with van der Waals surface area (Å²) < 4.78 is 5.24. The van der Waals surface area contributed by atoms with E-state index in [4.69, 9.17) is 9.84 Å². The Morgan fingerprint density at radius 1 is 1.14 bits per heavy atom. The molecule has 0 bridgehead atoms. The molecule has 1 aromatic carbocycles. The van der Waals surface area contributed by atoms with Crippen molar-refractivity contribution < 1.29 is 29.2 Å². The van der Waals surface area contributed by atoms with Crippen molar-refractivity contribution in [3.8, 4) is 11.1 Å². The minimum Gasteiger partial charge on any atom is -0.462 e. The summed E-state index contributed by atoms with van der Waals surface area (Å²) in [5.74, 6) is -0.519. The molecule has 1 amide bonds. The summed E-state index contributed by atoms with van der Waals surface area (Å²) in [4.78, 5) is 27.8. The van der Waals surface area contributed by atoms with Crippen LogP contribution in [0.3, 0.4) is 0 Å². The summed E-state index contributed by atoms with van der Waals surface area (Å²) in [5, 5.41) is 14.4. The quantitative estimate of drug-likeness (QED) is 0.427. The highest BCUT2D eigenvalue weighted by Gasteiger charge is 2.27. The van der Waals surface area contributed by atoms with E-state index in [2.05, 4.69) is 5.32 Å². The van der Waals surface area contributed by atoms with Gasteiger partial charge in [-0.1, -0.05) is 30.3 Å². The van der Waals surface area contributed by atoms with Crippen LogP contribution >= 0.6 is 11.3 Å². The smallest absolute Gasteiger partial charge is 0.341 e. The first-order valence-corrected chi connectivity index (χ1v) is 10.9. The monoisotopic (exact) mass is 419 g/mol. The minimum atomic E-state index is -0.420. The van der Waals surface area contributed by atoms with E-state index in [0.29, 0.717) is 17.1 Å². The zero-order valence-corrected chi connectivity index (χ0v) is 17.5. The van der Waals surface area contributed by atoms with Crippen molar-refractivity contribution in [2.45, 2.75) is 6.92 Å². The summed E-state index contributed by atoms with van der Waals surface area (Å²) >= 11 is 1.35. The van der Waals surface area contributed by atoms with Crippen LogP contribution < -0.4 is 15.1 Å². The van der Waals surface area contributed by atoms with E-state index in [9.17, 15) is 9.59 Å². The lowest BCUT2D eigenvalue weighted by atomic mass is 10.0. The van der Waals surface area contributed by atoms with E-state index in [1.54, 1.807) is 6.92 Å². The lowest BCUT2D eigenvalue weighted by molar-refractivity contribution is -1.01. The second kappa shape index (κ2) is 10.5. The number of thiophene rings is 1. The van der Waals surface area contributed by atoms with Crippen LogP contribution in [0.25, 0.3) is 11.1 Å². The molecule has 8 heteroatoms. The van der Waals surface area contributed by atoms with Gasteiger partial charge in [0.15, 0.2) is 6.54 Å². The van der Waals surface area contributed by atoms with Crippen molar-refractivity contribution in [1.82, 2.24) is 0 Å². The van der Waals surface area contributed by atoms with Gasteiger partial charge in [-0.2, -0.15) is 0 Å². The van der Waals surface area contributed by atoms with Crippen LogP contribution in [0.1, 0.15) is 17.3 Å². The molecule has 0 radical (unpaired) electrons. The molecule has 0 saturated carbocycles. The Bertz CT molecular complexity index is 817. The summed E-state index contributed by atoms with van der Waals surface area (Å²) in [6.45, 7) is 7.08. The Kier molecular flexibility index (Phi) is 7.76. The zero-order valence-electron chi connectivity index (χ0n) is 16.7. The number of rotatable bonds is 8. The molecule has 1 fully saturated rings. The highest BCUT2D eigenvalue weighted by molar-refractivity contribution is 7.15. The van der Waals surface area contributed by atoms with Crippen LogP contribution in [0.5, 0.6) is 0 Å². The number of aliphatic hydroxyl groups excluding tert-OH is 1. The standard InChI is InChI=1S/C21H27N3O4S/c1-2-28-21(27)19-17(16-6-4-3-5-7-16)15-29-20(19)22-18(26)14-24-10-8-23(9-11-24)12-13-25/h3-7,15,25H,2,8-14H2,1H3,(H,22,26)/p+2. The summed E-state index contributed by atoms with van der Waals surface area (Å²) in [6.07, 6.45) is 0. The molecule has 1 aromatic heterocycles. The molecule has 3 rings (SSSR count). The average Bonchev–Trinajstić information content (AvgIpc) is 3.14. The molecule has 2 heterocycles. The molecule has 2 aromatic rings. The predicted molar refractivity (Wildman–Crippen MR) is 113 cm³/mol. The largest absolute Gasteiger partial charge is 0.462 e. The van der Waals surface area contributed by atoms with Crippen LogP contribution in [0.15, 0.2) is 35.7 Å². The maximum Gasteiger partial charge on any atom is 0.341 e. The lowest BCUT2D eigenvalue weighted by Gasteiger charge is -2.28. The minimum absolute atomic E-state index is 0.0994. The number of nitrogens with one attached hydrogen (secondary N) is 3. The first-order valence-electron chi connectivity index (χ1n) is 10.0. The zero-order chi connectivity index (χ0) is 20.6. The van der Waals surface area contributed by atoms with Gasteiger partial charge in [0.1, 0.15) is 43.3 Å². The third-order valence-electron chi connectivity index (χ3n) is 5.15. The van der Waals surface area contributed by atoms with Crippen molar-refractivity contribution in [3.05, 3.63) is 41.3 Å². The van der Waals surface area contributed by atoms with Gasteiger partial charge in [-0.05, 0) is 12.5 Å². The summed E-state index contributed by atoms with van der Waals surface area (Å²) in [7, 11) is 0. The number of ether oxygens (including phenoxy) is 1. The molecular weight excluding hydrogens is 390 g/mol. The van der Waals surface area contributed by atoms with Gasteiger partial charge >= 0.3 is 5.97 Å². The Hall–Kier alpha value is -2.26. The number of aliphatic hydroxyl groups is 1. The number of amides is 1. The Morgan fingerprint density at radius 2 is 1.83 bits per heavy atom. The SMILES string of the molecule is CCOC(=O)c1c(-c2ccccc2)csc1NC(=O)C[NH+]1CC[NH+](CCO)CC1. The Balaban J connectivity index is 1.69. The van der Waals surface area contributed by atoms with Gasteiger partial charge in [0, 0.05) is 10.9 Å². The van der Waals surface area contributed by atoms with Gasteiger partial charge in [-0.3, -0.25) is 4.79 Å². The first kappa shape index (κ1) is 21.4. The molecular formula is C21H29N3O4S+2. The highest BCUT2D eigenvalue weighted by atomic mass is 32.1. The molecule has 0 spiro atoms. The van der Waals surface area contributed by atoms with Gasteiger partial charge in [0.2, 0.25) is 0 Å². The van der Waals surface area contributed by atoms with Crippen LogP contribution in [-0.4, -0.2) is 69.5 Å². The third-order valence-corrected chi connectivity index (χ3v) is 6.04. The fourth-order valence-corrected chi connectivity index (χ4v) is 4.60. The van der Waals surface area contributed by atoms with E-state index in [1.165, 1.54) is 21.1 Å². The number of anilines is 1. The summed E-state index contributed by atoms with van der Waals surface area (Å²) in [5.41, 5.74) is 2.11. The van der Waals surface area contributed by atoms with Gasteiger partial charge < -0.3 is 25.0 Å². The van der Waals surface area contributed by atoms with E-state index >= 15 is 0 Å². The maximum absolute atomic E-state index is 12.6. The number of hydrogen-bond acceptors (Lipinski definition) is 5. The second-order valence-electron chi connectivity index (χ2n) is 7.14. The molecule has 1 aliphatic heterocycles. The number of piperazine rings is 1. The first-order chi connectivity index (χ1) is 14.1. The van der Waals surface area contributed by atoms with Crippen LogP contribution in [0.2, 0.25) is 0 Å². The van der Waals surface area contributed by atoms with Crippen LogP contribution in [0.4, 0.5) is 5.00 Å². The molecule has 4 N–H and O–H groups in total. The predicted octanol–water partition coefficient (Wildman–Crippen LogP) is -0.694. The van der Waals surface area contributed by atoms with E-state index in [1.807, 2.05) is 35.7 Å². The molecule has 29 heavy (non-hydrogen) atoms. The molecule has 1 aliphatic rings. The molecule has 0 unspecified atom stereocenters. The maximum atomic E-state index is 12.6. The number of esters is 1. The average molecular weight is 420 g/mol. The van der Waals surface area contributed by atoms with Crippen molar-refractivity contribution in [3.63, 3.8) is 0 Å². The van der Waals surface area contributed by atoms with E-state index in [0.717, 1.165) is 43.9 Å². The Morgan fingerprint density at radius 3 is 2.48 bits per heavy atom. The molecule has 0 aliphatic carbocycles. The second-order valence-corrected chi connectivity index (χ2v) is 8.02. The van der Waals surface area contributed by atoms with Gasteiger partial charge in [-0.15, -0.1) is 11.3 Å². The van der Waals surface area contributed by atoms with Gasteiger partial charge in [0.25, 0.3) is 5.91 Å². The lowest BCUT2D eigenvalue weighted by Crippen LogP contribution is -3.28. The number of quaternary nitrogens is 2. The topological polar surface area (TPSA) is 84.5 Å². The summed E-state index contributed by atoms with van der Waals surface area (Å²) in [6, 6.07) is 9.64. The van der Waals surface area contributed by atoms with E-state index < -0.39 is 5.97 Å². The normalized spacial score (nSPS) is 19.0. The number of hydrogen-bond donors (Lipinski definition) is 4. The number of benzene rings is 1. The molecule has 0 atom stereocenters. The van der Waals surface area contributed by atoms with E-state index in [-0.39, 0.29) is 19.1 Å². The van der Waals surface area contributed by atoms with Gasteiger partial charge in [0.05, 0.1) is 13.2 Å². The third kappa shape index (κ3) is 5.63. The fourth-order valence-electron chi connectivity index (χ4n) is 3.63. The van der Waals surface area contributed by atoms with Crippen molar-refractivity contribution >= 4 is 28.2 Å². The van der Waals surface area contributed by atoms with Crippen molar-refractivity contribution in [1.29, 1.82) is 0 Å². The van der Waals surface area contributed by atoms with Crippen molar-refractivity contribution in [2.75, 3.05) is 57.8 Å². The molecule has 7 nitrogen and oxygen atoms in total. The van der Waals surface area contributed by atoms with Crippen LogP contribution in [-0.2, 0) is 9.53 Å². The highest BCUT2D eigenvalue weighted by Crippen LogP contribution is 2.36. The van der Waals surface area contributed by atoms with Gasteiger partial charge in [-0.25, -0.2) is 4.79 Å². The van der Waals surface area contributed by atoms with Crippen molar-refractivity contribution in [2.24, 2.45) is 0 Å². The fraction of sp³-hybridized carbons (Fsp3) is 0.429. The number of carbonyl (C=O) groups is 2. The van der Waals surface area contributed by atoms with Crippen LogP contribution in [0, 0.1) is 0 Å². The Labute approximate surface area is 174 Å². The molecule has 156 valence electrons. The number of carbonyl (C=O) groups excluding carboxylic acids is 2. The molecule has 1 saturated heterocycles.